The molecule has 0 aromatic carbocycles. The lowest BCUT2D eigenvalue weighted by Gasteiger charge is -2.15. The predicted molar refractivity (Wildman–Crippen MR) is 46.0 cm³/mol. The van der Waals surface area contributed by atoms with Crippen molar-refractivity contribution in [1.82, 2.24) is 0 Å². The Morgan fingerprint density at radius 3 is 2.00 bits per heavy atom. The summed E-state index contributed by atoms with van der Waals surface area (Å²) in [6.07, 6.45) is 1.24. The molecule has 4 heteroatoms. The lowest BCUT2D eigenvalue weighted by atomic mass is 9.91. The first-order valence-corrected chi connectivity index (χ1v) is 5.60. The third-order valence-corrected chi connectivity index (χ3v) is 3.98. The summed E-state index contributed by atoms with van der Waals surface area (Å²) in [4.78, 5) is 0. The molecule has 0 aliphatic heterocycles. The summed E-state index contributed by atoms with van der Waals surface area (Å²) in [6.45, 7) is 5.76. The number of rotatable bonds is 1. The highest BCUT2D eigenvalue weighted by atomic mass is 32.3. The summed E-state index contributed by atoms with van der Waals surface area (Å²) in [7, 11) is -4.32. The predicted octanol–water partition coefficient (Wildman–Crippen LogP) is 2.11. The molecule has 1 saturated carbocycles. The largest absolute Gasteiger partial charge is 0.305 e. The molecular formula is C8H15FO2S. The maximum absolute atomic E-state index is 12.7. The molecule has 1 rings (SSSR count). The van der Waals surface area contributed by atoms with Gasteiger partial charge in [0.05, 0.1) is 5.25 Å². The molecular weight excluding hydrogens is 179 g/mol. The average Bonchev–Trinajstić information content (AvgIpc) is 2.03. The van der Waals surface area contributed by atoms with Crippen LogP contribution in [0.3, 0.4) is 0 Å². The fraction of sp³-hybridized carbons (Fsp3) is 1.00. The van der Waals surface area contributed by atoms with Crippen LogP contribution >= 0.6 is 0 Å². The van der Waals surface area contributed by atoms with E-state index >= 15 is 0 Å². The van der Waals surface area contributed by atoms with Gasteiger partial charge in [-0.05, 0) is 24.2 Å². The van der Waals surface area contributed by atoms with Crippen LogP contribution in [0.15, 0.2) is 0 Å². The first-order valence-electron chi connectivity index (χ1n) is 4.16. The van der Waals surface area contributed by atoms with E-state index in [-0.39, 0.29) is 11.3 Å². The van der Waals surface area contributed by atoms with Gasteiger partial charge in [-0.25, -0.2) is 0 Å². The quantitative estimate of drug-likeness (QED) is 0.599. The van der Waals surface area contributed by atoms with Crippen LogP contribution in [-0.4, -0.2) is 13.7 Å². The van der Waals surface area contributed by atoms with Crippen LogP contribution in [0.5, 0.6) is 0 Å². The Labute approximate surface area is 73.4 Å². The van der Waals surface area contributed by atoms with Gasteiger partial charge < -0.3 is 0 Å². The van der Waals surface area contributed by atoms with Gasteiger partial charge >= 0.3 is 10.2 Å². The fourth-order valence-electron chi connectivity index (χ4n) is 2.21. The molecule has 0 N–H and O–H groups in total. The van der Waals surface area contributed by atoms with Gasteiger partial charge in [-0.3, -0.25) is 0 Å². The van der Waals surface area contributed by atoms with Crippen LogP contribution in [0, 0.1) is 11.3 Å². The summed E-state index contributed by atoms with van der Waals surface area (Å²) in [6, 6.07) is 0. The Morgan fingerprint density at radius 1 is 1.33 bits per heavy atom. The van der Waals surface area contributed by atoms with Crippen molar-refractivity contribution >= 4 is 10.2 Å². The smallest absolute Gasteiger partial charge is 0.195 e. The van der Waals surface area contributed by atoms with E-state index in [0.29, 0.717) is 6.42 Å². The molecule has 2 nitrogen and oxygen atoms in total. The van der Waals surface area contributed by atoms with Crippen LogP contribution in [0.2, 0.25) is 0 Å². The topological polar surface area (TPSA) is 34.1 Å². The fourth-order valence-corrected chi connectivity index (χ4v) is 3.51. The molecule has 0 aromatic heterocycles. The van der Waals surface area contributed by atoms with E-state index < -0.39 is 15.5 Å². The first kappa shape index (κ1) is 9.96. The summed E-state index contributed by atoms with van der Waals surface area (Å²) in [5.41, 5.74) is -0.0246. The van der Waals surface area contributed by atoms with Crippen molar-refractivity contribution in [1.29, 1.82) is 0 Å². The van der Waals surface area contributed by atoms with Gasteiger partial charge in [0.2, 0.25) is 0 Å². The Kier molecular flexibility index (Phi) is 2.23. The minimum atomic E-state index is -4.32. The zero-order chi connectivity index (χ0) is 9.57. The molecule has 2 atom stereocenters. The Balaban J connectivity index is 2.85. The van der Waals surface area contributed by atoms with Crippen molar-refractivity contribution in [3.63, 3.8) is 0 Å². The van der Waals surface area contributed by atoms with E-state index in [9.17, 15) is 12.3 Å². The van der Waals surface area contributed by atoms with Crippen LogP contribution < -0.4 is 0 Å². The molecule has 2 unspecified atom stereocenters. The maximum atomic E-state index is 12.7. The van der Waals surface area contributed by atoms with Crippen LogP contribution in [0.4, 0.5) is 3.89 Å². The van der Waals surface area contributed by atoms with Gasteiger partial charge in [-0.15, -0.1) is 3.89 Å². The maximum Gasteiger partial charge on any atom is 0.305 e. The SMILES string of the molecule is CC1CC(C)(C)CC1S(=O)(=O)F. The molecule has 0 saturated heterocycles. The number of hydrogen-bond acceptors (Lipinski definition) is 2. The first-order chi connectivity index (χ1) is 5.22. The second-order valence-corrected chi connectivity index (χ2v) is 6.12. The van der Waals surface area contributed by atoms with Gasteiger partial charge in [-0.2, -0.15) is 8.42 Å². The average molecular weight is 194 g/mol. The van der Waals surface area contributed by atoms with E-state index in [4.69, 9.17) is 0 Å². The van der Waals surface area contributed by atoms with Crippen molar-refractivity contribution in [3.05, 3.63) is 0 Å². The zero-order valence-corrected chi connectivity index (χ0v) is 8.49. The Morgan fingerprint density at radius 2 is 1.83 bits per heavy atom. The van der Waals surface area contributed by atoms with E-state index in [0.717, 1.165) is 6.42 Å². The van der Waals surface area contributed by atoms with E-state index in [1.165, 1.54) is 0 Å². The van der Waals surface area contributed by atoms with E-state index in [2.05, 4.69) is 0 Å². The highest BCUT2D eigenvalue weighted by molar-refractivity contribution is 7.87. The lowest BCUT2D eigenvalue weighted by molar-refractivity contribution is 0.366. The molecule has 0 heterocycles. The van der Waals surface area contributed by atoms with E-state index in [1.807, 2.05) is 13.8 Å². The van der Waals surface area contributed by atoms with Crippen LogP contribution in [-0.2, 0) is 10.2 Å². The summed E-state index contributed by atoms with van der Waals surface area (Å²) >= 11 is 0. The number of hydrogen-bond donors (Lipinski definition) is 0. The normalized spacial score (nSPS) is 35.3. The Hall–Kier alpha value is -0.120. The van der Waals surface area contributed by atoms with Gasteiger partial charge in [0.1, 0.15) is 0 Å². The summed E-state index contributed by atoms with van der Waals surface area (Å²) in [5, 5.41) is -0.771. The van der Waals surface area contributed by atoms with Crippen LogP contribution in [0.25, 0.3) is 0 Å². The molecule has 12 heavy (non-hydrogen) atoms. The summed E-state index contributed by atoms with van der Waals surface area (Å²) < 4.78 is 34.0. The minimum absolute atomic E-state index is 0.0246. The van der Waals surface area contributed by atoms with Crippen molar-refractivity contribution < 1.29 is 12.3 Å². The molecule has 0 radical (unpaired) electrons. The molecule has 72 valence electrons. The standard InChI is InChI=1S/C8H15FO2S/c1-6-4-8(2,3)5-7(6)12(9,10)11/h6-7H,4-5H2,1-3H3. The summed E-state index contributed by atoms with van der Waals surface area (Å²) in [5.74, 6) is -0.0463. The van der Waals surface area contributed by atoms with Crippen LogP contribution in [0.1, 0.15) is 33.6 Å². The van der Waals surface area contributed by atoms with Crippen molar-refractivity contribution in [2.75, 3.05) is 0 Å². The second kappa shape index (κ2) is 2.69. The van der Waals surface area contributed by atoms with Crippen molar-refractivity contribution in [2.45, 2.75) is 38.9 Å². The third kappa shape index (κ3) is 1.97. The molecule has 0 spiro atoms. The molecule has 0 amide bonds. The van der Waals surface area contributed by atoms with Crippen molar-refractivity contribution in [2.24, 2.45) is 11.3 Å². The Bertz CT molecular complexity index is 269. The molecule has 0 bridgehead atoms. The minimum Gasteiger partial charge on any atom is -0.195 e. The van der Waals surface area contributed by atoms with Gasteiger partial charge in [0.25, 0.3) is 0 Å². The van der Waals surface area contributed by atoms with Gasteiger partial charge in [-0.1, -0.05) is 20.8 Å². The second-order valence-electron chi connectivity index (χ2n) is 4.56. The lowest BCUT2D eigenvalue weighted by Crippen LogP contribution is -2.19. The van der Waals surface area contributed by atoms with E-state index in [1.54, 1.807) is 6.92 Å². The third-order valence-electron chi connectivity index (χ3n) is 2.62. The molecule has 1 aliphatic carbocycles. The van der Waals surface area contributed by atoms with Gasteiger partial charge in [0.15, 0.2) is 0 Å². The highest BCUT2D eigenvalue weighted by Gasteiger charge is 2.43. The van der Waals surface area contributed by atoms with Gasteiger partial charge in [0, 0.05) is 0 Å². The number of halogens is 1. The molecule has 1 aliphatic rings. The monoisotopic (exact) mass is 194 g/mol. The zero-order valence-electron chi connectivity index (χ0n) is 7.67. The highest BCUT2D eigenvalue weighted by Crippen LogP contribution is 2.44. The molecule has 1 fully saturated rings. The molecule has 0 aromatic rings. The van der Waals surface area contributed by atoms with Crippen molar-refractivity contribution in [3.8, 4) is 0 Å².